The van der Waals surface area contributed by atoms with Crippen molar-refractivity contribution in [2.24, 2.45) is 0 Å². The molecule has 0 fully saturated rings. The highest BCUT2D eigenvalue weighted by molar-refractivity contribution is 9.10. The number of pyridine rings is 5. The second-order valence-electron chi connectivity index (χ2n) is 30.4. The molecule has 146 heavy (non-hydrogen) atoms. The first-order valence-corrected chi connectivity index (χ1v) is 44.2. The molecule has 0 aliphatic rings. The summed E-state index contributed by atoms with van der Waals surface area (Å²) in [4.78, 5) is 59.6. The highest BCUT2D eigenvalue weighted by Gasteiger charge is 2.45. The minimum absolute atomic E-state index is 0.0511. The molecule has 20 rings (SSSR count). The van der Waals surface area contributed by atoms with Crippen molar-refractivity contribution in [2.75, 3.05) is 47.9 Å². The molecule has 0 amide bonds. The number of hydrogen-bond acceptors (Lipinski definition) is 23. The molecule has 0 spiro atoms. The zero-order valence-corrected chi connectivity index (χ0v) is 79.0. The summed E-state index contributed by atoms with van der Waals surface area (Å²) in [5.74, 6) is 1.22. The zero-order valence-electron chi connectivity index (χ0n) is 74.3. The van der Waals surface area contributed by atoms with Crippen LogP contribution in [0.15, 0.2) is 283 Å². The number of methoxy groups -OCH3 is 3. The van der Waals surface area contributed by atoms with Crippen molar-refractivity contribution in [2.45, 2.75) is 44.0 Å². The van der Waals surface area contributed by atoms with E-state index in [0.717, 1.165) is 17.7 Å². The Morgan fingerprint density at radius 2 is 0.575 bits per heavy atom. The summed E-state index contributed by atoms with van der Waals surface area (Å²) in [6.45, 7) is 1.87. The Morgan fingerprint density at radius 3 is 0.877 bits per heavy atom. The molecule has 746 valence electrons. The highest BCUT2D eigenvalue weighted by atomic mass is 79.9. The quantitative estimate of drug-likeness (QED) is 0.0499. The molecule has 0 saturated carbocycles. The minimum Gasteiger partial charge on any atom is -0.497 e. The summed E-state index contributed by atoms with van der Waals surface area (Å²) < 4.78 is 278. The van der Waals surface area contributed by atoms with Crippen LogP contribution in [-0.2, 0) is 37.1 Å². The Bertz CT molecular complexity index is 7980. The third-order valence-corrected chi connectivity index (χ3v) is 22.2. The van der Waals surface area contributed by atoms with E-state index < -0.39 is 76.9 Å². The molecule has 5 N–H and O–H groups in total. The monoisotopic (exact) mass is 2190 g/mol. The average molecular weight is 2190 g/mol. The number of hydrogen-bond donors (Lipinski definition) is 5. The molecule has 20 aromatic rings. The average Bonchev–Trinajstić information content (AvgIpc) is 1.62. The number of anilines is 10. The zero-order chi connectivity index (χ0) is 104. The normalized spacial score (nSPS) is 11.8. The van der Waals surface area contributed by atoms with Crippen LogP contribution in [0.25, 0.3) is 85.8 Å². The van der Waals surface area contributed by atoms with Crippen molar-refractivity contribution in [3.8, 4) is 74.8 Å². The molecule has 0 aliphatic carbocycles. The number of nitrogens with one attached hydrogen (secondary N) is 5. The summed E-state index contributed by atoms with van der Waals surface area (Å²) in [6.07, 6.45) is -13.8. The Kier molecular flexibility index (Phi) is 29.6. The second kappa shape index (κ2) is 42.2. The van der Waals surface area contributed by atoms with Gasteiger partial charge in [-0.25, -0.2) is 79.2 Å². The smallest absolute Gasteiger partial charge is 0.435 e. The number of alkyl halides is 18. The summed E-state index contributed by atoms with van der Waals surface area (Å²) in [5, 5.41) is 15.6. The van der Waals surface area contributed by atoms with Gasteiger partial charge in [-0.15, -0.1) is 0 Å². The van der Waals surface area contributed by atoms with E-state index >= 15 is 0 Å². The van der Waals surface area contributed by atoms with Crippen molar-refractivity contribution in [3.05, 3.63) is 339 Å². The van der Waals surface area contributed by atoms with E-state index in [-0.39, 0.29) is 109 Å². The van der Waals surface area contributed by atoms with Gasteiger partial charge in [0, 0.05) is 110 Å². The lowest BCUT2D eigenvalue weighted by Gasteiger charge is -2.11. The largest absolute Gasteiger partial charge is 0.497 e. The number of rotatable bonds is 18. The van der Waals surface area contributed by atoms with Gasteiger partial charge in [0.25, 0.3) is 0 Å². The minimum atomic E-state index is -4.76. The number of aromatic nitrogens is 20. The van der Waals surface area contributed by atoms with E-state index in [1.54, 1.807) is 128 Å². The highest BCUT2D eigenvalue weighted by Crippen LogP contribution is 2.45. The summed E-state index contributed by atoms with van der Waals surface area (Å²) in [6, 6.07) is 53.4. The molecule has 51 heteroatoms. The molecule has 28 nitrogen and oxygen atoms in total. The van der Waals surface area contributed by atoms with Gasteiger partial charge in [-0.05, 0) is 226 Å². The first kappa shape index (κ1) is 102. The molecule has 0 aliphatic heterocycles. The fourth-order valence-electron chi connectivity index (χ4n) is 14.1. The van der Waals surface area contributed by atoms with Gasteiger partial charge in [-0.3, -0.25) is 22.0 Å². The predicted molar refractivity (Wildman–Crippen MR) is 509 cm³/mol. The fraction of sp³-hybridized carbons (Fsp3) is 0.105. The molecule has 15 aromatic heterocycles. The van der Waals surface area contributed by atoms with Crippen LogP contribution < -0.4 is 40.8 Å². The maximum atomic E-state index is 13.9. The standard InChI is InChI=1S/C19H10BrF6N5.C19H13BrF3N5O.C19H13ClF3N5O.C19H13ClF3N5.C19H13F4N5O/c20-11-3-6-14-30-16(19(24,25)26)15(31(14)9-11)17-27-8-7-13(29-17)28-12-4-1-10(2-5-12)18(21,22)23;1-29-13-5-3-12(4-6-13)25-14-8-9-24-18(26-14)16-17(19(21,22)23)27-15-7-2-11(20)10-28(15)16;1-29-13-6-5-11(10-12(13)20)25-14-7-8-24-18(26-14)16-17(19(21,22)23)27-15-4-2-3-9-28(15)16;1-11-5-6-12(10-13(11)20)25-14-7-8-24-18(26-14)16-17(19(21,22)23)27-15-4-2-3-9-28(15)16;1-29-13-6-5-11(10-12(13)20)25-14-7-8-24-18(26-14)16-17(19(21,22)23)27-15-4-2-3-9-28(15)16/h1-9H,(H,27,28,29);2*2-10H,1H3,(H,24,25,26);2-10H,1H3,(H,24,25,26);2-10H,1H3,(H,24,25,26). The van der Waals surface area contributed by atoms with Crippen LogP contribution in [0.1, 0.15) is 39.6 Å². The first-order chi connectivity index (χ1) is 69.4. The van der Waals surface area contributed by atoms with Crippen molar-refractivity contribution < 1.29 is 97.6 Å². The topological polar surface area (TPSA) is 303 Å². The first-order valence-electron chi connectivity index (χ1n) is 41.8. The number of halogens is 23. The van der Waals surface area contributed by atoms with Gasteiger partial charge in [-0.1, -0.05) is 47.5 Å². The van der Waals surface area contributed by atoms with E-state index in [1.165, 1.54) is 171 Å². The van der Waals surface area contributed by atoms with E-state index in [0.29, 0.717) is 70.7 Å². The predicted octanol–water partition coefficient (Wildman–Crippen LogP) is 27.1. The Labute approximate surface area is 835 Å². The molecule has 15 heterocycles. The van der Waals surface area contributed by atoms with Gasteiger partial charge < -0.3 is 40.8 Å². The van der Waals surface area contributed by atoms with Crippen LogP contribution in [0.3, 0.4) is 0 Å². The van der Waals surface area contributed by atoms with E-state index in [1.807, 2.05) is 13.0 Å². The number of benzene rings is 5. The number of imidazole rings is 5. The number of aryl methyl sites for hydroxylation is 1. The van der Waals surface area contributed by atoms with Gasteiger partial charge in [0.1, 0.15) is 97.3 Å². The maximum Gasteiger partial charge on any atom is 0.435 e. The lowest BCUT2D eigenvalue weighted by atomic mass is 10.2. The van der Waals surface area contributed by atoms with Crippen LogP contribution in [0, 0.1) is 12.7 Å². The van der Waals surface area contributed by atoms with Gasteiger partial charge in [0.15, 0.2) is 69.2 Å². The number of nitrogens with zero attached hydrogens (tertiary/aromatic N) is 20. The lowest BCUT2D eigenvalue weighted by Crippen LogP contribution is -2.09. The summed E-state index contributed by atoms with van der Waals surface area (Å²) in [7, 11) is 4.40. The third kappa shape index (κ3) is 23.7. The molecule has 0 atom stereocenters. The third-order valence-electron chi connectivity index (χ3n) is 20.6. The molecule has 0 bridgehead atoms. The summed E-state index contributed by atoms with van der Waals surface area (Å²) in [5.41, 5.74) is -3.39. The molecule has 0 saturated heterocycles. The van der Waals surface area contributed by atoms with Crippen LogP contribution >= 0.6 is 55.1 Å². The van der Waals surface area contributed by atoms with Crippen LogP contribution in [-0.4, -0.2) is 118 Å². The van der Waals surface area contributed by atoms with Crippen molar-refractivity contribution in [3.63, 3.8) is 0 Å². The second-order valence-corrected chi connectivity index (χ2v) is 33.0. The Hall–Kier alpha value is -16.4. The van der Waals surface area contributed by atoms with Gasteiger partial charge in [0.05, 0.1) is 31.9 Å². The molecular weight excluding hydrogens is 2130 g/mol. The summed E-state index contributed by atoms with van der Waals surface area (Å²) >= 11 is 18.7. The van der Waals surface area contributed by atoms with Crippen molar-refractivity contribution in [1.29, 1.82) is 0 Å². The van der Waals surface area contributed by atoms with Gasteiger partial charge in [0.2, 0.25) is 0 Å². The van der Waals surface area contributed by atoms with Crippen LogP contribution in [0.2, 0.25) is 10.0 Å². The molecule has 0 unspecified atom stereocenters. The fourth-order valence-corrected chi connectivity index (χ4v) is 15.2. The number of fused-ring (bicyclic) bond motifs is 5. The Morgan fingerprint density at radius 1 is 0.288 bits per heavy atom. The lowest BCUT2D eigenvalue weighted by molar-refractivity contribution is -0.141. The molecule has 5 aromatic carbocycles. The van der Waals surface area contributed by atoms with Gasteiger partial charge in [-0.2, -0.15) is 79.0 Å². The molecule has 0 radical (unpaired) electrons. The van der Waals surface area contributed by atoms with E-state index in [4.69, 9.17) is 37.4 Å². The maximum absolute atomic E-state index is 13.9. The van der Waals surface area contributed by atoms with E-state index in [2.05, 4.69) is 133 Å². The van der Waals surface area contributed by atoms with E-state index in [9.17, 15) is 83.4 Å². The SMILES string of the molecule is COc1ccc(Nc2ccnc(-c3c(C(F)(F)F)nc4ccc(Br)cn34)n2)cc1.COc1ccc(Nc2ccnc(-c3c(C(F)(F)F)nc4ccccn34)n2)cc1Cl.COc1ccc(Nc2ccnc(-c3c(C(F)(F)F)nc4ccccn34)n2)cc1F.Cc1ccc(Nc2ccnc(-c3c(C(F)(F)F)nc4ccccn34)n2)cc1Cl.FC(F)(F)c1ccc(Nc2ccnc(-c3c(C(F)(F)F)nc4ccc(Br)cn34)n2)cc1. The van der Waals surface area contributed by atoms with Crippen molar-refractivity contribution >= 4 is 141 Å². The van der Waals surface area contributed by atoms with Crippen LogP contribution in [0.5, 0.6) is 17.2 Å². The molecular formula is C95H62Br2Cl2F19N25O3. The number of ether oxygens (including phenoxy) is 3. The Balaban J connectivity index is 0.000000131. The van der Waals surface area contributed by atoms with Crippen molar-refractivity contribution in [1.82, 2.24) is 96.8 Å². The van der Waals surface area contributed by atoms with Crippen LogP contribution in [0.4, 0.5) is 141 Å². The van der Waals surface area contributed by atoms with Gasteiger partial charge >= 0.3 is 37.1 Å².